The smallest absolute Gasteiger partial charge is 0.227 e. The molecule has 10 heteroatoms. The molecule has 3 rings (SSSR count). The molecule has 8 nitrogen and oxygen atoms in total. The molecule has 0 amide bonds. The Balaban J connectivity index is 0.000000228. The van der Waals surface area contributed by atoms with Gasteiger partial charge < -0.3 is 10.6 Å². The van der Waals surface area contributed by atoms with Crippen LogP contribution < -0.4 is 10.6 Å². The normalized spacial score (nSPS) is 15.0. The molecule has 0 radical (unpaired) electrons. The lowest BCUT2D eigenvalue weighted by molar-refractivity contribution is 0.301. The fourth-order valence-electron chi connectivity index (χ4n) is 4.12. The minimum Gasteiger partial charge on any atom is -0.351 e. The first-order chi connectivity index (χ1) is 14.8. The van der Waals surface area contributed by atoms with Crippen molar-refractivity contribution in [3.05, 3.63) is 22.2 Å². The number of rotatable bonds is 5. The van der Waals surface area contributed by atoms with Gasteiger partial charge in [-0.25, -0.2) is 9.97 Å². The molecule has 0 bridgehead atoms. The summed E-state index contributed by atoms with van der Waals surface area (Å²) in [6, 6.07) is 0.497. The number of aromatic nitrogens is 6. The van der Waals surface area contributed by atoms with E-state index in [0.29, 0.717) is 29.6 Å². The van der Waals surface area contributed by atoms with Crippen molar-refractivity contribution in [2.45, 2.75) is 98.6 Å². The van der Waals surface area contributed by atoms with Crippen LogP contribution in [0.25, 0.3) is 0 Å². The van der Waals surface area contributed by atoms with Crippen molar-refractivity contribution in [1.82, 2.24) is 29.9 Å². The van der Waals surface area contributed by atoms with Gasteiger partial charge in [-0.15, -0.1) is 0 Å². The van der Waals surface area contributed by atoms with Gasteiger partial charge in [0.15, 0.2) is 0 Å². The van der Waals surface area contributed by atoms with Crippen molar-refractivity contribution >= 4 is 35.1 Å². The summed E-state index contributed by atoms with van der Waals surface area (Å²) in [5, 5.41) is 7.12. The Hall–Kier alpha value is -1.80. The number of aryl methyl sites for hydroxylation is 2. The second-order valence-electron chi connectivity index (χ2n) is 10.2. The van der Waals surface area contributed by atoms with E-state index in [2.05, 4.69) is 75.2 Å². The molecular formula is C22H36Cl2N8. The van der Waals surface area contributed by atoms with Gasteiger partial charge in [0, 0.05) is 11.6 Å². The van der Waals surface area contributed by atoms with E-state index >= 15 is 0 Å². The van der Waals surface area contributed by atoms with Gasteiger partial charge >= 0.3 is 0 Å². The highest BCUT2D eigenvalue weighted by Gasteiger charge is 2.26. The summed E-state index contributed by atoms with van der Waals surface area (Å²) in [5.41, 5.74) is 0.151. The molecule has 1 fully saturated rings. The maximum Gasteiger partial charge on any atom is 0.227 e. The molecule has 1 saturated carbocycles. The number of anilines is 2. The van der Waals surface area contributed by atoms with E-state index in [9.17, 15) is 0 Å². The van der Waals surface area contributed by atoms with Crippen LogP contribution in [-0.2, 0) is 0 Å². The van der Waals surface area contributed by atoms with Gasteiger partial charge in [0.2, 0.25) is 22.5 Å². The van der Waals surface area contributed by atoms with E-state index in [0.717, 1.165) is 6.42 Å². The summed E-state index contributed by atoms with van der Waals surface area (Å²) in [5.74, 6) is 2.43. The quantitative estimate of drug-likeness (QED) is 0.531. The van der Waals surface area contributed by atoms with E-state index in [4.69, 9.17) is 23.2 Å². The van der Waals surface area contributed by atoms with Crippen LogP contribution in [0.5, 0.6) is 0 Å². The van der Waals surface area contributed by atoms with E-state index < -0.39 is 0 Å². The molecule has 0 aliphatic heterocycles. The predicted octanol–water partition coefficient (Wildman–Crippen LogP) is 6.04. The molecule has 2 N–H and O–H groups in total. The molecule has 1 aliphatic rings. The fourth-order valence-corrected chi connectivity index (χ4v) is 4.53. The highest BCUT2D eigenvalue weighted by atomic mass is 35.5. The Morgan fingerprint density at radius 3 is 1.75 bits per heavy atom. The first-order valence-electron chi connectivity index (χ1n) is 11.1. The number of halogens is 2. The summed E-state index contributed by atoms with van der Waals surface area (Å²) in [4.78, 5) is 24.5. The molecule has 2 aromatic heterocycles. The van der Waals surface area contributed by atoms with Crippen molar-refractivity contribution in [3.63, 3.8) is 0 Å². The second kappa shape index (κ2) is 11.4. The Morgan fingerprint density at radius 2 is 1.25 bits per heavy atom. The maximum atomic E-state index is 5.81. The summed E-state index contributed by atoms with van der Waals surface area (Å²) >= 11 is 11.6. The molecular weight excluding hydrogens is 447 g/mol. The lowest BCUT2D eigenvalue weighted by atomic mass is 9.82. The lowest BCUT2D eigenvalue weighted by Gasteiger charge is -2.33. The first-order valence-corrected chi connectivity index (χ1v) is 11.9. The molecule has 0 spiro atoms. The fraction of sp³-hybridized carbons (Fsp3) is 0.727. The largest absolute Gasteiger partial charge is 0.351 e. The third-order valence-electron chi connectivity index (χ3n) is 4.80. The number of hydrogen-bond acceptors (Lipinski definition) is 8. The summed E-state index contributed by atoms with van der Waals surface area (Å²) in [6.07, 6.45) is 7.31. The second-order valence-corrected chi connectivity index (χ2v) is 10.9. The third kappa shape index (κ3) is 10.2. The summed E-state index contributed by atoms with van der Waals surface area (Å²) in [7, 11) is 0. The van der Waals surface area contributed by atoms with Gasteiger partial charge in [0.25, 0.3) is 0 Å². The van der Waals surface area contributed by atoms with E-state index in [1.807, 2.05) is 6.92 Å². The van der Waals surface area contributed by atoms with Crippen LogP contribution in [-0.4, -0.2) is 41.5 Å². The maximum absolute atomic E-state index is 5.81. The average molecular weight is 483 g/mol. The van der Waals surface area contributed by atoms with Crippen LogP contribution >= 0.6 is 23.2 Å². The molecule has 32 heavy (non-hydrogen) atoms. The number of nitrogens with one attached hydrogen (secondary N) is 2. The molecule has 178 valence electrons. The van der Waals surface area contributed by atoms with Crippen LogP contribution in [0.3, 0.4) is 0 Å². The number of nitrogens with zero attached hydrogens (tertiary/aromatic N) is 6. The standard InChI is InChI=1S/C12H21ClN4.C10H15ClN4/c1-8-14-9(13)16-10(15-8)17-12(5,6)7-11(2,3)4;1-7-12-9(11)15-10(13-7)14-8-5-3-2-4-6-8/h7H2,1-6H3,(H,14,15,16,17);8H,2-6H2,1H3,(H,12,13,14,15). The van der Waals surface area contributed by atoms with E-state index in [1.54, 1.807) is 6.92 Å². The van der Waals surface area contributed by atoms with Crippen LogP contribution in [0.4, 0.5) is 11.9 Å². The van der Waals surface area contributed by atoms with Crippen LogP contribution in [0.1, 0.15) is 84.8 Å². The first kappa shape index (κ1) is 26.5. The molecule has 0 saturated heterocycles. The van der Waals surface area contributed by atoms with Crippen molar-refractivity contribution in [2.24, 2.45) is 5.41 Å². The Bertz CT molecular complexity index is 836. The van der Waals surface area contributed by atoms with Gasteiger partial charge in [-0.2, -0.15) is 19.9 Å². The highest BCUT2D eigenvalue weighted by molar-refractivity contribution is 6.28. The molecule has 2 aromatic rings. The van der Waals surface area contributed by atoms with Crippen molar-refractivity contribution in [2.75, 3.05) is 10.6 Å². The van der Waals surface area contributed by atoms with Crippen LogP contribution in [0, 0.1) is 19.3 Å². The van der Waals surface area contributed by atoms with Gasteiger partial charge in [-0.1, -0.05) is 40.0 Å². The topological polar surface area (TPSA) is 101 Å². The molecule has 0 unspecified atom stereocenters. The minimum absolute atomic E-state index is 0.0879. The lowest BCUT2D eigenvalue weighted by Crippen LogP contribution is -2.36. The molecule has 1 aliphatic carbocycles. The van der Waals surface area contributed by atoms with Crippen molar-refractivity contribution < 1.29 is 0 Å². The van der Waals surface area contributed by atoms with Crippen molar-refractivity contribution in [3.8, 4) is 0 Å². The highest BCUT2D eigenvalue weighted by Crippen LogP contribution is 2.29. The SMILES string of the molecule is Cc1nc(Cl)nc(NC(C)(C)CC(C)(C)C)n1.Cc1nc(Cl)nc(NC2CCCCC2)n1. The van der Waals surface area contributed by atoms with Crippen LogP contribution in [0.15, 0.2) is 0 Å². The third-order valence-corrected chi connectivity index (χ3v) is 5.14. The monoisotopic (exact) mass is 482 g/mol. The van der Waals surface area contributed by atoms with Crippen molar-refractivity contribution in [1.29, 1.82) is 0 Å². The predicted molar refractivity (Wildman–Crippen MR) is 131 cm³/mol. The van der Waals surface area contributed by atoms with E-state index in [-0.39, 0.29) is 21.5 Å². The molecule has 0 atom stereocenters. The Labute approximate surface area is 201 Å². The molecule has 0 aromatic carbocycles. The van der Waals surface area contributed by atoms with Crippen LogP contribution in [0.2, 0.25) is 10.6 Å². The van der Waals surface area contributed by atoms with Gasteiger partial charge in [-0.05, 0) is 75.6 Å². The van der Waals surface area contributed by atoms with Gasteiger partial charge in [-0.3, -0.25) is 0 Å². The average Bonchev–Trinajstić information content (AvgIpc) is 2.58. The minimum atomic E-state index is -0.0879. The zero-order valence-electron chi connectivity index (χ0n) is 20.3. The van der Waals surface area contributed by atoms with Gasteiger partial charge in [0.1, 0.15) is 11.6 Å². The summed E-state index contributed by atoms with van der Waals surface area (Å²) < 4.78 is 0. The molecule has 2 heterocycles. The summed E-state index contributed by atoms with van der Waals surface area (Å²) in [6.45, 7) is 14.5. The Morgan fingerprint density at radius 1 is 0.750 bits per heavy atom. The van der Waals surface area contributed by atoms with E-state index in [1.165, 1.54) is 32.1 Å². The zero-order chi connectivity index (χ0) is 23.9. The Kier molecular flexibility index (Phi) is 9.40. The number of hydrogen-bond donors (Lipinski definition) is 2. The van der Waals surface area contributed by atoms with Gasteiger partial charge in [0.05, 0.1) is 0 Å². The zero-order valence-corrected chi connectivity index (χ0v) is 21.8.